The van der Waals surface area contributed by atoms with Crippen LogP contribution in [0.15, 0.2) is 53.7 Å². The van der Waals surface area contributed by atoms with Crippen LogP contribution in [0.25, 0.3) is 0 Å². The fraction of sp³-hybridized carbons (Fsp3) is 0.250. The molecule has 0 unspecified atom stereocenters. The van der Waals surface area contributed by atoms with E-state index in [9.17, 15) is 4.79 Å². The molecule has 0 saturated heterocycles. The zero-order valence-electron chi connectivity index (χ0n) is 11.5. The minimum absolute atomic E-state index is 0.0268. The van der Waals surface area contributed by atoms with Crippen molar-refractivity contribution >= 4 is 17.7 Å². The number of carbonyl (C=O) groups is 1. The topological polar surface area (TPSA) is 42.0 Å². The molecule has 1 heterocycles. The zero-order chi connectivity index (χ0) is 14.2. The molecule has 1 aromatic heterocycles. The van der Waals surface area contributed by atoms with Crippen molar-refractivity contribution < 1.29 is 4.79 Å². The molecular formula is C16H18N2OS. The molecule has 1 amide bonds. The highest BCUT2D eigenvalue weighted by molar-refractivity contribution is 7.99. The highest BCUT2D eigenvalue weighted by Gasteiger charge is 2.10. The van der Waals surface area contributed by atoms with Crippen LogP contribution < -0.4 is 5.32 Å². The number of carbonyl (C=O) groups excluding carboxylic acids is 1. The predicted octanol–water partition coefficient (Wildman–Crippen LogP) is 3.51. The monoisotopic (exact) mass is 286 g/mol. The summed E-state index contributed by atoms with van der Waals surface area (Å²) in [5, 5.41) is 2.95. The number of rotatable bonds is 6. The van der Waals surface area contributed by atoms with E-state index in [-0.39, 0.29) is 5.91 Å². The van der Waals surface area contributed by atoms with E-state index in [0.29, 0.717) is 6.54 Å². The number of hydrogen-bond donors (Lipinski definition) is 1. The van der Waals surface area contributed by atoms with Gasteiger partial charge in [0.25, 0.3) is 5.91 Å². The smallest absolute Gasteiger partial charge is 0.252 e. The van der Waals surface area contributed by atoms with E-state index in [2.05, 4.69) is 17.2 Å². The first-order valence-corrected chi connectivity index (χ1v) is 7.68. The van der Waals surface area contributed by atoms with Crippen LogP contribution in [0.2, 0.25) is 0 Å². The molecule has 1 aromatic carbocycles. The largest absolute Gasteiger partial charge is 0.348 e. The van der Waals surface area contributed by atoms with Gasteiger partial charge in [-0.05, 0) is 42.0 Å². The average molecular weight is 286 g/mol. The van der Waals surface area contributed by atoms with Crippen LogP contribution in [-0.2, 0) is 6.54 Å². The number of benzene rings is 1. The van der Waals surface area contributed by atoms with Gasteiger partial charge in [0.15, 0.2) is 0 Å². The van der Waals surface area contributed by atoms with Crippen LogP contribution in [0.5, 0.6) is 0 Å². The van der Waals surface area contributed by atoms with Gasteiger partial charge in [0.05, 0.1) is 5.56 Å². The molecule has 0 aliphatic heterocycles. The summed E-state index contributed by atoms with van der Waals surface area (Å²) in [7, 11) is 0. The molecule has 0 fully saturated rings. The maximum Gasteiger partial charge on any atom is 0.252 e. The summed E-state index contributed by atoms with van der Waals surface area (Å²) >= 11 is 1.73. The summed E-state index contributed by atoms with van der Waals surface area (Å²) in [5.74, 6) is 0.996. The van der Waals surface area contributed by atoms with E-state index in [1.165, 1.54) is 0 Å². The Hall–Kier alpha value is -1.81. The van der Waals surface area contributed by atoms with Gasteiger partial charge < -0.3 is 5.32 Å². The van der Waals surface area contributed by atoms with E-state index in [4.69, 9.17) is 0 Å². The predicted molar refractivity (Wildman–Crippen MR) is 82.9 cm³/mol. The van der Waals surface area contributed by atoms with Crippen molar-refractivity contribution in [2.75, 3.05) is 5.75 Å². The number of nitrogens with zero attached hydrogens (tertiary/aromatic N) is 1. The quantitative estimate of drug-likeness (QED) is 0.826. The number of nitrogens with one attached hydrogen (secondary N) is 1. The Labute approximate surface area is 123 Å². The standard InChI is InChI=1S/C16H18N2OS/c1-2-11-20-15-6-4-3-5-14(15)16(19)18-12-13-7-9-17-10-8-13/h3-10H,2,11-12H2,1H3,(H,18,19). The van der Waals surface area contributed by atoms with E-state index in [1.807, 2.05) is 36.4 Å². The zero-order valence-corrected chi connectivity index (χ0v) is 12.3. The maximum absolute atomic E-state index is 12.3. The van der Waals surface area contributed by atoms with Crippen LogP contribution >= 0.6 is 11.8 Å². The molecule has 0 bridgehead atoms. The van der Waals surface area contributed by atoms with Crippen molar-refractivity contribution in [2.24, 2.45) is 0 Å². The van der Waals surface area contributed by atoms with Crippen molar-refractivity contribution in [1.29, 1.82) is 0 Å². The lowest BCUT2D eigenvalue weighted by Crippen LogP contribution is -2.23. The number of pyridine rings is 1. The SMILES string of the molecule is CCCSc1ccccc1C(=O)NCc1ccncc1. The van der Waals surface area contributed by atoms with Gasteiger partial charge >= 0.3 is 0 Å². The van der Waals surface area contributed by atoms with Gasteiger partial charge in [0.1, 0.15) is 0 Å². The van der Waals surface area contributed by atoms with Gasteiger partial charge in [-0.2, -0.15) is 0 Å². The molecule has 2 aromatic rings. The maximum atomic E-state index is 12.3. The second-order valence-corrected chi connectivity index (χ2v) is 5.52. The molecule has 0 saturated carbocycles. The molecule has 1 N–H and O–H groups in total. The van der Waals surface area contributed by atoms with Gasteiger partial charge in [0, 0.05) is 23.8 Å². The minimum Gasteiger partial charge on any atom is -0.348 e. The van der Waals surface area contributed by atoms with Gasteiger partial charge in [-0.3, -0.25) is 9.78 Å². The molecular weight excluding hydrogens is 268 g/mol. The third-order valence-electron chi connectivity index (χ3n) is 2.80. The fourth-order valence-corrected chi connectivity index (χ4v) is 2.69. The fourth-order valence-electron chi connectivity index (χ4n) is 1.77. The van der Waals surface area contributed by atoms with Gasteiger partial charge in [-0.25, -0.2) is 0 Å². The summed E-state index contributed by atoms with van der Waals surface area (Å²) < 4.78 is 0. The summed E-state index contributed by atoms with van der Waals surface area (Å²) in [6.07, 6.45) is 4.55. The molecule has 104 valence electrons. The summed E-state index contributed by atoms with van der Waals surface area (Å²) in [6, 6.07) is 11.5. The van der Waals surface area contributed by atoms with E-state index in [1.54, 1.807) is 24.2 Å². The van der Waals surface area contributed by atoms with Crippen molar-refractivity contribution in [3.05, 3.63) is 59.9 Å². The molecule has 20 heavy (non-hydrogen) atoms. The Bertz CT molecular complexity index is 557. The number of amides is 1. The van der Waals surface area contributed by atoms with Crippen LogP contribution in [0.1, 0.15) is 29.3 Å². The van der Waals surface area contributed by atoms with Gasteiger partial charge in [-0.15, -0.1) is 11.8 Å². The molecule has 0 aliphatic carbocycles. The summed E-state index contributed by atoms with van der Waals surface area (Å²) in [6.45, 7) is 2.66. The first kappa shape index (κ1) is 14.6. The lowest BCUT2D eigenvalue weighted by molar-refractivity contribution is 0.0948. The Morgan fingerprint density at radius 3 is 2.70 bits per heavy atom. The Morgan fingerprint density at radius 1 is 1.20 bits per heavy atom. The Morgan fingerprint density at radius 2 is 1.95 bits per heavy atom. The molecule has 0 aliphatic rings. The van der Waals surface area contributed by atoms with E-state index >= 15 is 0 Å². The second-order valence-electron chi connectivity index (χ2n) is 4.38. The first-order valence-electron chi connectivity index (χ1n) is 6.70. The molecule has 0 spiro atoms. The van der Waals surface area contributed by atoms with E-state index < -0.39 is 0 Å². The third kappa shape index (κ3) is 4.10. The normalized spacial score (nSPS) is 10.2. The van der Waals surface area contributed by atoms with Crippen LogP contribution in [0.3, 0.4) is 0 Å². The highest BCUT2D eigenvalue weighted by Crippen LogP contribution is 2.23. The Balaban J connectivity index is 2.01. The summed E-state index contributed by atoms with van der Waals surface area (Å²) in [5.41, 5.74) is 1.80. The molecule has 0 atom stereocenters. The van der Waals surface area contributed by atoms with Crippen LogP contribution in [0, 0.1) is 0 Å². The number of hydrogen-bond acceptors (Lipinski definition) is 3. The second kappa shape index (κ2) is 7.70. The highest BCUT2D eigenvalue weighted by atomic mass is 32.2. The van der Waals surface area contributed by atoms with Crippen molar-refractivity contribution in [2.45, 2.75) is 24.8 Å². The lowest BCUT2D eigenvalue weighted by atomic mass is 10.2. The van der Waals surface area contributed by atoms with Crippen molar-refractivity contribution in [3.63, 3.8) is 0 Å². The average Bonchev–Trinajstić information content (AvgIpc) is 2.52. The minimum atomic E-state index is -0.0268. The van der Waals surface area contributed by atoms with Gasteiger partial charge in [-0.1, -0.05) is 19.1 Å². The number of aromatic nitrogens is 1. The summed E-state index contributed by atoms with van der Waals surface area (Å²) in [4.78, 5) is 17.3. The Kier molecular flexibility index (Phi) is 5.62. The van der Waals surface area contributed by atoms with Crippen LogP contribution in [0.4, 0.5) is 0 Å². The van der Waals surface area contributed by atoms with Gasteiger partial charge in [0.2, 0.25) is 0 Å². The lowest BCUT2D eigenvalue weighted by Gasteiger charge is -2.09. The third-order valence-corrected chi connectivity index (χ3v) is 4.08. The molecule has 0 radical (unpaired) electrons. The first-order chi connectivity index (χ1) is 9.81. The molecule has 3 nitrogen and oxygen atoms in total. The van der Waals surface area contributed by atoms with Crippen molar-refractivity contribution in [3.8, 4) is 0 Å². The van der Waals surface area contributed by atoms with Crippen molar-refractivity contribution in [1.82, 2.24) is 10.3 Å². The molecule has 4 heteroatoms. The van der Waals surface area contributed by atoms with Crippen LogP contribution in [-0.4, -0.2) is 16.6 Å². The molecule has 2 rings (SSSR count). The number of thioether (sulfide) groups is 1. The van der Waals surface area contributed by atoms with E-state index in [0.717, 1.165) is 28.2 Å².